The fourth-order valence-electron chi connectivity index (χ4n) is 2.93. The molecule has 0 bridgehead atoms. The predicted molar refractivity (Wildman–Crippen MR) is 98.2 cm³/mol. The van der Waals surface area contributed by atoms with Gasteiger partial charge in [0.25, 0.3) is 5.91 Å². The van der Waals surface area contributed by atoms with Gasteiger partial charge in [-0.05, 0) is 31.9 Å². The van der Waals surface area contributed by atoms with E-state index in [1.807, 2.05) is 39.0 Å². The molecule has 1 heterocycles. The third-order valence-corrected chi connectivity index (χ3v) is 4.20. The standard InChI is InChI=1S/C19H26N4O2/c1-14-10-15(2)18(16(3)11-14)22-19(24)17(12-20)13-21-4-5-23-6-8-25-9-7-23/h10-11,13,21H,4-9H2,1-3H3,(H,22,24)/b17-13-. The topological polar surface area (TPSA) is 77.4 Å². The number of hydrogen-bond donors (Lipinski definition) is 2. The Hall–Kier alpha value is -2.36. The van der Waals surface area contributed by atoms with Gasteiger partial charge in [0.1, 0.15) is 11.6 Å². The van der Waals surface area contributed by atoms with Crippen LogP contribution in [0.4, 0.5) is 5.69 Å². The van der Waals surface area contributed by atoms with Gasteiger partial charge in [-0.1, -0.05) is 17.7 Å². The molecule has 0 aliphatic carbocycles. The number of nitriles is 1. The monoisotopic (exact) mass is 342 g/mol. The Balaban J connectivity index is 1.91. The van der Waals surface area contributed by atoms with Gasteiger partial charge in [0.05, 0.1) is 13.2 Å². The fraction of sp³-hybridized carbons (Fsp3) is 0.474. The molecule has 2 rings (SSSR count). The quantitative estimate of drug-likeness (QED) is 0.469. The second kappa shape index (κ2) is 9.21. The van der Waals surface area contributed by atoms with Crippen LogP contribution in [-0.4, -0.2) is 50.2 Å². The minimum Gasteiger partial charge on any atom is -0.388 e. The Bertz CT molecular complexity index is 662. The Morgan fingerprint density at radius 3 is 2.52 bits per heavy atom. The van der Waals surface area contributed by atoms with E-state index in [1.165, 1.54) is 6.20 Å². The molecule has 1 aromatic rings. The number of nitrogens with one attached hydrogen (secondary N) is 2. The van der Waals surface area contributed by atoms with Crippen molar-refractivity contribution < 1.29 is 9.53 Å². The van der Waals surface area contributed by atoms with Crippen molar-refractivity contribution in [2.24, 2.45) is 0 Å². The van der Waals surface area contributed by atoms with Gasteiger partial charge in [-0.3, -0.25) is 9.69 Å². The molecule has 6 nitrogen and oxygen atoms in total. The molecule has 0 saturated carbocycles. The van der Waals surface area contributed by atoms with Crippen molar-refractivity contribution in [3.8, 4) is 6.07 Å². The number of benzene rings is 1. The molecule has 6 heteroatoms. The lowest BCUT2D eigenvalue weighted by atomic mass is 10.0. The number of nitrogens with zero attached hydrogens (tertiary/aromatic N) is 2. The van der Waals surface area contributed by atoms with E-state index in [2.05, 4.69) is 15.5 Å². The Morgan fingerprint density at radius 1 is 1.28 bits per heavy atom. The summed E-state index contributed by atoms with van der Waals surface area (Å²) in [6, 6.07) is 5.99. The number of ether oxygens (including phenoxy) is 1. The molecule has 2 N–H and O–H groups in total. The number of aryl methyl sites for hydroxylation is 3. The molecule has 0 unspecified atom stereocenters. The summed E-state index contributed by atoms with van der Waals surface area (Å²) >= 11 is 0. The zero-order chi connectivity index (χ0) is 18.2. The van der Waals surface area contributed by atoms with Crippen LogP contribution >= 0.6 is 0 Å². The summed E-state index contributed by atoms with van der Waals surface area (Å²) in [5.74, 6) is -0.392. The largest absolute Gasteiger partial charge is 0.388 e. The van der Waals surface area contributed by atoms with Crippen molar-refractivity contribution >= 4 is 11.6 Å². The van der Waals surface area contributed by atoms with Crippen molar-refractivity contribution in [1.82, 2.24) is 10.2 Å². The molecule has 0 spiro atoms. The van der Waals surface area contributed by atoms with Gasteiger partial charge in [-0.15, -0.1) is 0 Å². The summed E-state index contributed by atoms with van der Waals surface area (Å²) < 4.78 is 5.31. The lowest BCUT2D eigenvalue weighted by Crippen LogP contribution is -2.39. The highest BCUT2D eigenvalue weighted by molar-refractivity contribution is 6.07. The maximum atomic E-state index is 12.4. The van der Waals surface area contributed by atoms with Gasteiger partial charge in [0.2, 0.25) is 0 Å². The Morgan fingerprint density at radius 2 is 1.92 bits per heavy atom. The minimum absolute atomic E-state index is 0.0707. The van der Waals surface area contributed by atoms with Gasteiger partial charge < -0.3 is 15.4 Å². The van der Waals surface area contributed by atoms with Gasteiger partial charge in [0, 0.05) is 38.1 Å². The highest BCUT2D eigenvalue weighted by Crippen LogP contribution is 2.22. The number of carbonyl (C=O) groups excluding carboxylic acids is 1. The van der Waals surface area contributed by atoms with E-state index >= 15 is 0 Å². The first kappa shape index (κ1) is 19.0. The molecule has 1 aliphatic heterocycles. The van der Waals surface area contributed by atoms with Crippen LogP contribution < -0.4 is 10.6 Å². The van der Waals surface area contributed by atoms with E-state index in [9.17, 15) is 10.1 Å². The Labute approximate surface area is 149 Å². The number of carbonyl (C=O) groups is 1. The molecule has 25 heavy (non-hydrogen) atoms. The van der Waals surface area contributed by atoms with Crippen LogP contribution in [0.25, 0.3) is 0 Å². The zero-order valence-electron chi connectivity index (χ0n) is 15.2. The summed E-state index contributed by atoms with van der Waals surface area (Å²) in [6.07, 6.45) is 1.49. The minimum atomic E-state index is -0.392. The molecule has 0 atom stereocenters. The summed E-state index contributed by atoms with van der Waals surface area (Å²) in [7, 11) is 0. The molecule has 0 aromatic heterocycles. The first-order valence-corrected chi connectivity index (χ1v) is 8.54. The van der Waals surface area contributed by atoms with Crippen LogP contribution in [0.5, 0.6) is 0 Å². The summed E-state index contributed by atoms with van der Waals surface area (Å²) in [5, 5.41) is 15.2. The average molecular weight is 342 g/mol. The van der Waals surface area contributed by atoms with E-state index in [1.54, 1.807) is 0 Å². The normalized spacial score (nSPS) is 15.5. The molecule has 1 amide bonds. The van der Waals surface area contributed by atoms with Crippen LogP contribution in [0.2, 0.25) is 0 Å². The van der Waals surface area contributed by atoms with Crippen LogP contribution in [0, 0.1) is 32.1 Å². The number of hydrogen-bond acceptors (Lipinski definition) is 5. The van der Waals surface area contributed by atoms with Crippen LogP contribution in [0.15, 0.2) is 23.9 Å². The number of amides is 1. The first-order chi connectivity index (χ1) is 12.0. The van der Waals surface area contributed by atoms with Crippen LogP contribution in [0.1, 0.15) is 16.7 Å². The Kier molecular flexibility index (Phi) is 6.99. The lowest BCUT2D eigenvalue weighted by molar-refractivity contribution is -0.112. The molecule has 1 aromatic carbocycles. The van der Waals surface area contributed by atoms with Crippen molar-refractivity contribution in [1.29, 1.82) is 5.26 Å². The third-order valence-electron chi connectivity index (χ3n) is 4.20. The molecule has 1 aliphatic rings. The SMILES string of the molecule is Cc1cc(C)c(NC(=O)/C(C#N)=C\NCCN2CCOCC2)c(C)c1. The van der Waals surface area contributed by atoms with E-state index in [4.69, 9.17) is 4.74 Å². The number of anilines is 1. The van der Waals surface area contributed by atoms with E-state index in [-0.39, 0.29) is 5.57 Å². The average Bonchev–Trinajstić information content (AvgIpc) is 2.59. The van der Waals surface area contributed by atoms with Gasteiger partial charge >= 0.3 is 0 Å². The van der Waals surface area contributed by atoms with Crippen molar-refractivity contribution in [3.63, 3.8) is 0 Å². The molecule has 1 saturated heterocycles. The first-order valence-electron chi connectivity index (χ1n) is 8.54. The summed E-state index contributed by atoms with van der Waals surface area (Å²) in [4.78, 5) is 14.6. The molecule has 134 valence electrons. The van der Waals surface area contributed by atoms with Gasteiger partial charge in [-0.25, -0.2) is 0 Å². The van der Waals surface area contributed by atoms with Gasteiger partial charge in [-0.2, -0.15) is 5.26 Å². The van der Waals surface area contributed by atoms with Crippen molar-refractivity contribution in [2.45, 2.75) is 20.8 Å². The van der Waals surface area contributed by atoms with Crippen molar-refractivity contribution in [3.05, 3.63) is 40.6 Å². The fourth-order valence-corrected chi connectivity index (χ4v) is 2.93. The number of rotatable bonds is 6. The smallest absolute Gasteiger partial charge is 0.267 e. The second-order valence-electron chi connectivity index (χ2n) is 6.31. The molecular formula is C19H26N4O2. The van der Waals surface area contributed by atoms with E-state index in [0.717, 1.165) is 55.2 Å². The van der Waals surface area contributed by atoms with Crippen molar-refractivity contribution in [2.75, 3.05) is 44.7 Å². The van der Waals surface area contributed by atoms with E-state index < -0.39 is 5.91 Å². The summed E-state index contributed by atoms with van der Waals surface area (Å²) in [6.45, 7) is 10.8. The van der Waals surface area contributed by atoms with E-state index in [0.29, 0.717) is 6.54 Å². The lowest BCUT2D eigenvalue weighted by Gasteiger charge is -2.26. The highest BCUT2D eigenvalue weighted by atomic mass is 16.5. The number of morpholine rings is 1. The van der Waals surface area contributed by atoms with Crippen LogP contribution in [-0.2, 0) is 9.53 Å². The maximum absolute atomic E-state index is 12.4. The zero-order valence-corrected chi connectivity index (χ0v) is 15.2. The van der Waals surface area contributed by atoms with Crippen LogP contribution in [0.3, 0.4) is 0 Å². The molecule has 0 radical (unpaired) electrons. The summed E-state index contributed by atoms with van der Waals surface area (Å²) in [5.41, 5.74) is 3.96. The maximum Gasteiger partial charge on any atom is 0.267 e. The molecule has 1 fully saturated rings. The van der Waals surface area contributed by atoms with Gasteiger partial charge in [0.15, 0.2) is 0 Å². The molecular weight excluding hydrogens is 316 g/mol. The highest BCUT2D eigenvalue weighted by Gasteiger charge is 2.13. The predicted octanol–water partition coefficient (Wildman–Crippen LogP) is 1.88. The second-order valence-corrected chi connectivity index (χ2v) is 6.31. The third kappa shape index (κ3) is 5.59.